The van der Waals surface area contributed by atoms with Crippen molar-refractivity contribution in [1.82, 2.24) is 5.48 Å². The fourth-order valence-electron chi connectivity index (χ4n) is 2.09. The highest BCUT2D eigenvalue weighted by atomic mass is 16.7. The van der Waals surface area contributed by atoms with Crippen LogP contribution in [0.4, 0.5) is 0 Å². The number of hydroxylamine groups is 1. The molecule has 24 heavy (non-hydrogen) atoms. The summed E-state index contributed by atoms with van der Waals surface area (Å²) in [5, 5.41) is 10.2. The van der Waals surface area contributed by atoms with Crippen molar-refractivity contribution in [3.05, 3.63) is 71.8 Å². The molecule has 0 amide bonds. The summed E-state index contributed by atoms with van der Waals surface area (Å²) in [4.78, 5) is 28.9. The summed E-state index contributed by atoms with van der Waals surface area (Å²) in [6.07, 6.45) is -1.52. The van der Waals surface area contributed by atoms with E-state index in [4.69, 9.17) is 9.57 Å². The molecular weight excluding hydrogens is 310 g/mol. The van der Waals surface area contributed by atoms with Crippen LogP contribution in [0.1, 0.15) is 28.9 Å². The Morgan fingerprint density at radius 3 is 2.21 bits per heavy atom. The van der Waals surface area contributed by atoms with Gasteiger partial charge in [0.15, 0.2) is 6.10 Å². The number of aliphatic hydroxyl groups excluding tert-OH is 1. The molecule has 0 aliphatic heterocycles. The van der Waals surface area contributed by atoms with Crippen LogP contribution in [0.25, 0.3) is 0 Å². The van der Waals surface area contributed by atoms with E-state index in [0.717, 1.165) is 0 Å². The number of ether oxygens (including phenoxy) is 1. The van der Waals surface area contributed by atoms with Gasteiger partial charge in [-0.2, -0.15) is 0 Å². The number of carbonyl (C=O) groups is 2. The maximum atomic E-state index is 12.0. The molecule has 2 aromatic rings. The molecule has 0 saturated heterocycles. The Balaban J connectivity index is 2.11. The van der Waals surface area contributed by atoms with Crippen LogP contribution in [0.15, 0.2) is 60.7 Å². The van der Waals surface area contributed by atoms with Crippen LogP contribution < -0.4 is 5.48 Å². The summed E-state index contributed by atoms with van der Waals surface area (Å²) >= 11 is 0. The van der Waals surface area contributed by atoms with Gasteiger partial charge in [0.25, 0.3) is 0 Å². The average molecular weight is 329 g/mol. The third-order valence-electron chi connectivity index (χ3n) is 3.29. The molecule has 0 aromatic heterocycles. The fourth-order valence-corrected chi connectivity index (χ4v) is 2.09. The zero-order valence-corrected chi connectivity index (χ0v) is 13.2. The number of aliphatic hydroxyl groups is 1. The molecule has 0 aliphatic carbocycles. The summed E-state index contributed by atoms with van der Waals surface area (Å²) in [7, 11) is 0. The van der Waals surface area contributed by atoms with Crippen LogP contribution in [0, 0.1) is 0 Å². The molecule has 0 heterocycles. The number of benzene rings is 2. The van der Waals surface area contributed by atoms with Gasteiger partial charge in [-0.3, -0.25) is 0 Å². The summed E-state index contributed by atoms with van der Waals surface area (Å²) in [6, 6.07) is 16.2. The van der Waals surface area contributed by atoms with Crippen LogP contribution in [0.3, 0.4) is 0 Å². The van der Waals surface area contributed by atoms with Crippen molar-refractivity contribution >= 4 is 11.9 Å². The van der Waals surface area contributed by atoms with Gasteiger partial charge in [0.05, 0.1) is 12.2 Å². The predicted octanol–water partition coefficient (Wildman–Crippen LogP) is 2.01. The van der Waals surface area contributed by atoms with Crippen molar-refractivity contribution in [2.45, 2.75) is 19.1 Å². The van der Waals surface area contributed by atoms with E-state index in [1.54, 1.807) is 67.6 Å². The molecule has 2 aromatic carbocycles. The SMILES string of the molecule is CCOC(=O)[C@H](O)[C@@H](NOC(=O)c1ccccc1)c1ccccc1. The molecule has 6 heteroatoms. The predicted molar refractivity (Wildman–Crippen MR) is 86.8 cm³/mol. The van der Waals surface area contributed by atoms with Gasteiger partial charge in [-0.1, -0.05) is 48.5 Å². The molecule has 0 saturated carbocycles. The van der Waals surface area contributed by atoms with Crippen molar-refractivity contribution < 1.29 is 24.3 Å². The minimum Gasteiger partial charge on any atom is -0.464 e. The van der Waals surface area contributed by atoms with E-state index >= 15 is 0 Å². The molecule has 2 rings (SSSR count). The third-order valence-corrected chi connectivity index (χ3v) is 3.29. The molecule has 0 fully saturated rings. The Morgan fingerprint density at radius 1 is 1.04 bits per heavy atom. The number of nitrogens with one attached hydrogen (secondary N) is 1. The molecular formula is C18H19NO5. The van der Waals surface area contributed by atoms with Gasteiger partial charge in [0.1, 0.15) is 6.04 Å². The van der Waals surface area contributed by atoms with Crippen LogP contribution in [-0.4, -0.2) is 29.8 Å². The van der Waals surface area contributed by atoms with Gasteiger partial charge in [-0.25, -0.2) is 9.59 Å². The second-order valence-corrected chi connectivity index (χ2v) is 4.96. The van der Waals surface area contributed by atoms with E-state index in [0.29, 0.717) is 11.1 Å². The Labute approximate surface area is 140 Å². The van der Waals surface area contributed by atoms with E-state index in [-0.39, 0.29) is 6.61 Å². The zero-order valence-electron chi connectivity index (χ0n) is 13.2. The number of hydrogen-bond donors (Lipinski definition) is 2. The number of rotatable bonds is 7. The van der Waals surface area contributed by atoms with Gasteiger partial charge in [-0.15, -0.1) is 5.48 Å². The highest BCUT2D eigenvalue weighted by Gasteiger charge is 2.30. The van der Waals surface area contributed by atoms with Crippen molar-refractivity contribution in [3.63, 3.8) is 0 Å². The Morgan fingerprint density at radius 2 is 1.62 bits per heavy atom. The number of hydrogen-bond acceptors (Lipinski definition) is 6. The molecule has 2 N–H and O–H groups in total. The molecule has 0 spiro atoms. The third kappa shape index (κ3) is 4.65. The molecule has 0 aliphatic rings. The van der Waals surface area contributed by atoms with Gasteiger partial charge < -0.3 is 14.7 Å². The summed E-state index contributed by atoms with van der Waals surface area (Å²) in [6.45, 7) is 1.78. The summed E-state index contributed by atoms with van der Waals surface area (Å²) < 4.78 is 4.83. The van der Waals surface area contributed by atoms with Crippen molar-refractivity contribution in [2.75, 3.05) is 6.61 Å². The van der Waals surface area contributed by atoms with E-state index in [9.17, 15) is 14.7 Å². The van der Waals surface area contributed by atoms with Crippen LogP contribution in [0.5, 0.6) is 0 Å². The lowest BCUT2D eigenvalue weighted by molar-refractivity contribution is -0.156. The quantitative estimate of drug-likeness (QED) is 0.597. The average Bonchev–Trinajstić information content (AvgIpc) is 2.63. The smallest absolute Gasteiger partial charge is 0.356 e. The van der Waals surface area contributed by atoms with Gasteiger partial charge >= 0.3 is 11.9 Å². The molecule has 6 nitrogen and oxygen atoms in total. The number of esters is 1. The van der Waals surface area contributed by atoms with Crippen molar-refractivity contribution in [3.8, 4) is 0 Å². The molecule has 0 unspecified atom stereocenters. The summed E-state index contributed by atoms with van der Waals surface area (Å²) in [5.74, 6) is -1.41. The first-order valence-electron chi connectivity index (χ1n) is 7.55. The largest absolute Gasteiger partial charge is 0.464 e. The lowest BCUT2D eigenvalue weighted by atomic mass is 10.0. The lowest BCUT2D eigenvalue weighted by Gasteiger charge is -2.22. The topological polar surface area (TPSA) is 84.9 Å². The first-order chi connectivity index (χ1) is 11.6. The van der Waals surface area contributed by atoms with Crippen molar-refractivity contribution in [2.24, 2.45) is 0 Å². The van der Waals surface area contributed by atoms with Crippen molar-refractivity contribution in [1.29, 1.82) is 0 Å². The Kier molecular flexibility index (Phi) is 6.48. The summed E-state index contributed by atoms with van der Waals surface area (Å²) in [5.41, 5.74) is 3.40. The first-order valence-corrected chi connectivity index (χ1v) is 7.55. The second-order valence-electron chi connectivity index (χ2n) is 4.96. The zero-order chi connectivity index (χ0) is 17.4. The lowest BCUT2D eigenvalue weighted by Crippen LogP contribution is -2.39. The minimum absolute atomic E-state index is 0.140. The monoisotopic (exact) mass is 329 g/mol. The molecule has 2 atom stereocenters. The number of carbonyl (C=O) groups excluding carboxylic acids is 2. The highest BCUT2D eigenvalue weighted by molar-refractivity contribution is 5.89. The van der Waals surface area contributed by atoms with Gasteiger partial charge in [0, 0.05) is 0 Å². The van der Waals surface area contributed by atoms with E-state index < -0.39 is 24.1 Å². The normalized spacial score (nSPS) is 12.9. The maximum absolute atomic E-state index is 12.0. The first kappa shape index (κ1) is 17.7. The van der Waals surface area contributed by atoms with E-state index in [2.05, 4.69) is 5.48 Å². The highest BCUT2D eigenvalue weighted by Crippen LogP contribution is 2.18. The van der Waals surface area contributed by atoms with Gasteiger partial charge in [0.2, 0.25) is 0 Å². The van der Waals surface area contributed by atoms with Gasteiger partial charge in [-0.05, 0) is 24.6 Å². The van der Waals surface area contributed by atoms with E-state index in [1.165, 1.54) is 0 Å². The van der Waals surface area contributed by atoms with Crippen LogP contribution in [0.2, 0.25) is 0 Å². The maximum Gasteiger partial charge on any atom is 0.356 e. The molecule has 126 valence electrons. The second kappa shape index (κ2) is 8.81. The fraction of sp³-hybridized carbons (Fsp3) is 0.222. The molecule has 0 radical (unpaired) electrons. The van der Waals surface area contributed by atoms with E-state index in [1.807, 2.05) is 0 Å². The molecule has 0 bridgehead atoms. The van der Waals surface area contributed by atoms with Crippen LogP contribution >= 0.6 is 0 Å². The standard InChI is InChI=1S/C18H19NO5/c1-2-23-18(22)16(20)15(13-9-5-3-6-10-13)19-24-17(21)14-11-7-4-8-12-14/h3-12,15-16,19-20H,2H2,1H3/t15-,16+/m0/s1. The Hall–Kier alpha value is -2.70. The minimum atomic E-state index is -1.52. The Bertz CT molecular complexity index is 660. The van der Waals surface area contributed by atoms with Crippen LogP contribution in [-0.2, 0) is 14.4 Å².